The van der Waals surface area contributed by atoms with Crippen molar-refractivity contribution < 1.29 is 9.53 Å². The lowest BCUT2D eigenvalue weighted by molar-refractivity contribution is 0.152. The third kappa shape index (κ3) is 10.1. The zero-order valence-corrected chi connectivity index (χ0v) is 14.1. The van der Waals surface area contributed by atoms with Gasteiger partial charge in [0, 0.05) is 5.54 Å². The Morgan fingerprint density at radius 3 is 1.80 bits per heavy atom. The van der Waals surface area contributed by atoms with E-state index in [2.05, 4.69) is 26.1 Å². The van der Waals surface area contributed by atoms with Crippen LogP contribution in [0.15, 0.2) is 0 Å². The number of unbranched alkanes of at least 4 members (excludes halogenated alkanes) is 7. The Balaban J connectivity index is 4.12. The zero-order valence-electron chi connectivity index (χ0n) is 14.1. The predicted octanol–water partition coefficient (Wildman–Crippen LogP) is 5.43. The van der Waals surface area contributed by atoms with E-state index in [-0.39, 0.29) is 11.6 Å². The molecule has 1 N–H and O–H groups in total. The molecular formula is C17H35NO2. The Morgan fingerprint density at radius 2 is 1.35 bits per heavy atom. The largest absolute Gasteiger partial charge is 0.453 e. The van der Waals surface area contributed by atoms with Crippen molar-refractivity contribution in [1.29, 1.82) is 0 Å². The molecule has 0 heterocycles. The van der Waals surface area contributed by atoms with E-state index in [9.17, 15) is 4.79 Å². The third-order valence-corrected chi connectivity index (χ3v) is 4.00. The maximum Gasteiger partial charge on any atom is 0.407 e. The Morgan fingerprint density at radius 1 is 0.900 bits per heavy atom. The van der Waals surface area contributed by atoms with Crippen LogP contribution in [0.1, 0.15) is 91.4 Å². The third-order valence-electron chi connectivity index (χ3n) is 4.00. The Hall–Kier alpha value is -0.730. The number of hydrogen-bond donors (Lipinski definition) is 1. The molecule has 0 aromatic heterocycles. The average molecular weight is 285 g/mol. The maximum atomic E-state index is 11.5. The van der Waals surface area contributed by atoms with E-state index in [0.717, 1.165) is 12.8 Å². The zero-order chi connectivity index (χ0) is 15.3. The average Bonchev–Trinajstić information content (AvgIpc) is 2.43. The number of ether oxygens (including phenoxy) is 1. The van der Waals surface area contributed by atoms with Gasteiger partial charge in [-0.05, 0) is 19.8 Å². The molecule has 3 heteroatoms. The second-order valence-electron chi connectivity index (χ2n) is 6.15. The summed E-state index contributed by atoms with van der Waals surface area (Å²) in [5.41, 5.74) is -0.104. The molecule has 0 spiro atoms. The van der Waals surface area contributed by atoms with Gasteiger partial charge in [-0.1, -0.05) is 71.6 Å². The van der Waals surface area contributed by atoms with Gasteiger partial charge in [-0.15, -0.1) is 0 Å². The summed E-state index contributed by atoms with van der Waals surface area (Å²) in [5.74, 6) is 0. The number of carbonyl (C=O) groups is 1. The van der Waals surface area contributed by atoms with Crippen LogP contribution in [0.3, 0.4) is 0 Å². The van der Waals surface area contributed by atoms with E-state index < -0.39 is 0 Å². The van der Waals surface area contributed by atoms with Gasteiger partial charge >= 0.3 is 6.09 Å². The predicted molar refractivity (Wildman–Crippen MR) is 86.1 cm³/mol. The summed E-state index contributed by atoms with van der Waals surface area (Å²) < 4.78 is 4.77. The molecule has 0 saturated heterocycles. The molecule has 0 aliphatic rings. The number of amides is 1. The SMILES string of the molecule is CCCCCCCC(C)(CCCCCC)NC(=O)OC. The van der Waals surface area contributed by atoms with Gasteiger partial charge in [-0.3, -0.25) is 0 Å². The first-order valence-corrected chi connectivity index (χ1v) is 8.44. The maximum absolute atomic E-state index is 11.5. The first kappa shape index (κ1) is 19.3. The highest BCUT2D eigenvalue weighted by Crippen LogP contribution is 2.23. The summed E-state index contributed by atoms with van der Waals surface area (Å²) in [6.07, 6.45) is 13.1. The molecule has 0 rings (SSSR count). The second kappa shape index (κ2) is 12.0. The van der Waals surface area contributed by atoms with Crippen LogP contribution in [-0.4, -0.2) is 18.7 Å². The van der Waals surface area contributed by atoms with Crippen molar-refractivity contribution in [2.75, 3.05) is 7.11 Å². The summed E-state index contributed by atoms with van der Waals surface area (Å²) in [6.45, 7) is 6.62. The van der Waals surface area contributed by atoms with Crippen LogP contribution in [0.2, 0.25) is 0 Å². The molecule has 1 amide bonds. The first-order chi connectivity index (χ1) is 9.58. The molecule has 0 bridgehead atoms. The summed E-state index contributed by atoms with van der Waals surface area (Å²) in [5, 5.41) is 3.05. The van der Waals surface area contributed by atoms with Crippen LogP contribution in [0, 0.1) is 0 Å². The molecule has 0 aromatic carbocycles. The minimum atomic E-state index is -0.295. The van der Waals surface area contributed by atoms with Gasteiger partial charge in [-0.25, -0.2) is 4.79 Å². The van der Waals surface area contributed by atoms with Crippen LogP contribution < -0.4 is 5.32 Å². The molecule has 0 radical (unpaired) electrons. The lowest BCUT2D eigenvalue weighted by Gasteiger charge is -2.30. The Kier molecular flexibility index (Phi) is 11.6. The van der Waals surface area contributed by atoms with Crippen LogP contribution in [0.25, 0.3) is 0 Å². The Labute approximate surface area is 125 Å². The van der Waals surface area contributed by atoms with Gasteiger partial charge in [0.2, 0.25) is 0 Å². The van der Waals surface area contributed by atoms with Gasteiger partial charge < -0.3 is 10.1 Å². The monoisotopic (exact) mass is 285 g/mol. The molecule has 0 fully saturated rings. The highest BCUT2D eigenvalue weighted by Gasteiger charge is 2.25. The molecule has 0 aliphatic heterocycles. The van der Waals surface area contributed by atoms with Gasteiger partial charge in [0.25, 0.3) is 0 Å². The second-order valence-corrected chi connectivity index (χ2v) is 6.15. The number of nitrogens with one attached hydrogen (secondary N) is 1. The van der Waals surface area contributed by atoms with Gasteiger partial charge in [0.05, 0.1) is 7.11 Å². The standard InChI is InChI=1S/C17H35NO2/c1-5-7-9-11-13-15-17(3,18-16(19)20-4)14-12-10-8-6-2/h5-15H2,1-4H3,(H,18,19). The van der Waals surface area contributed by atoms with Crippen molar-refractivity contribution in [1.82, 2.24) is 5.32 Å². The lowest BCUT2D eigenvalue weighted by atomic mass is 9.88. The van der Waals surface area contributed by atoms with E-state index >= 15 is 0 Å². The number of hydrogen-bond acceptors (Lipinski definition) is 2. The number of carbonyl (C=O) groups excluding carboxylic acids is 1. The number of rotatable bonds is 12. The number of methoxy groups -OCH3 is 1. The molecule has 120 valence electrons. The van der Waals surface area contributed by atoms with Gasteiger partial charge in [0.15, 0.2) is 0 Å². The highest BCUT2D eigenvalue weighted by atomic mass is 16.5. The minimum Gasteiger partial charge on any atom is -0.453 e. The molecule has 0 aliphatic carbocycles. The fourth-order valence-electron chi connectivity index (χ4n) is 2.61. The van der Waals surface area contributed by atoms with Crippen molar-refractivity contribution in [2.45, 2.75) is 96.9 Å². The summed E-state index contributed by atoms with van der Waals surface area (Å²) in [6, 6.07) is 0. The van der Waals surface area contributed by atoms with Gasteiger partial charge in [-0.2, -0.15) is 0 Å². The summed E-state index contributed by atoms with van der Waals surface area (Å²) in [4.78, 5) is 11.5. The van der Waals surface area contributed by atoms with E-state index in [1.165, 1.54) is 64.9 Å². The molecule has 0 saturated carbocycles. The molecule has 1 unspecified atom stereocenters. The smallest absolute Gasteiger partial charge is 0.407 e. The van der Waals surface area contributed by atoms with Crippen molar-refractivity contribution in [3.8, 4) is 0 Å². The summed E-state index contributed by atoms with van der Waals surface area (Å²) >= 11 is 0. The number of alkyl carbamates (subject to hydrolysis) is 1. The molecular weight excluding hydrogens is 250 g/mol. The quantitative estimate of drug-likeness (QED) is 0.485. The first-order valence-electron chi connectivity index (χ1n) is 8.44. The lowest BCUT2D eigenvalue weighted by Crippen LogP contribution is -2.45. The highest BCUT2D eigenvalue weighted by molar-refractivity contribution is 5.67. The van der Waals surface area contributed by atoms with Crippen LogP contribution in [-0.2, 0) is 4.74 Å². The molecule has 1 atom stereocenters. The van der Waals surface area contributed by atoms with Crippen molar-refractivity contribution in [3.63, 3.8) is 0 Å². The minimum absolute atomic E-state index is 0.104. The molecule has 20 heavy (non-hydrogen) atoms. The van der Waals surface area contributed by atoms with Crippen molar-refractivity contribution in [3.05, 3.63) is 0 Å². The van der Waals surface area contributed by atoms with Gasteiger partial charge in [0.1, 0.15) is 0 Å². The van der Waals surface area contributed by atoms with Crippen LogP contribution in [0.5, 0.6) is 0 Å². The van der Waals surface area contributed by atoms with Crippen molar-refractivity contribution >= 4 is 6.09 Å². The normalized spacial score (nSPS) is 13.8. The Bertz CT molecular complexity index is 243. The summed E-state index contributed by atoms with van der Waals surface area (Å²) in [7, 11) is 1.44. The van der Waals surface area contributed by atoms with Crippen molar-refractivity contribution in [2.24, 2.45) is 0 Å². The van der Waals surface area contributed by atoms with E-state index in [4.69, 9.17) is 4.74 Å². The topological polar surface area (TPSA) is 38.3 Å². The molecule has 0 aromatic rings. The van der Waals surface area contributed by atoms with E-state index in [1.807, 2.05) is 0 Å². The molecule has 3 nitrogen and oxygen atoms in total. The van der Waals surface area contributed by atoms with E-state index in [0.29, 0.717) is 0 Å². The fourth-order valence-corrected chi connectivity index (χ4v) is 2.61. The van der Waals surface area contributed by atoms with E-state index in [1.54, 1.807) is 0 Å². The van der Waals surface area contributed by atoms with Crippen LogP contribution in [0.4, 0.5) is 4.79 Å². The van der Waals surface area contributed by atoms with Crippen LogP contribution >= 0.6 is 0 Å². The fraction of sp³-hybridized carbons (Fsp3) is 0.941.